The van der Waals surface area contributed by atoms with Crippen LogP contribution < -0.4 is 0 Å². The summed E-state index contributed by atoms with van der Waals surface area (Å²) in [6.07, 6.45) is -3.49. The number of halogens is 3. The summed E-state index contributed by atoms with van der Waals surface area (Å²) in [6.45, 7) is 1.38. The maximum Gasteiger partial charge on any atom is 0.416 e. The summed E-state index contributed by atoms with van der Waals surface area (Å²) in [5, 5.41) is 8.84. The van der Waals surface area contributed by atoms with Gasteiger partial charge in [-0.25, -0.2) is 0 Å². The number of hydrogen-bond donors (Lipinski definition) is 1. The normalized spacial score (nSPS) is 11.8. The second-order valence-electron chi connectivity index (χ2n) is 3.32. The highest BCUT2D eigenvalue weighted by Crippen LogP contribution is 2.34. The van der Waals surface area contributed by atoms with Crippen molar-refractivity contribution in [2.45, 2.75) is 31.0 Å². The molecule has 1 aromatic carbocycles. The van der Waals surface area contributed by atoms with Crippen molar-refractivity contribution in [2.75, 3.05) is 5.75 Å². The van der Waals surface area contributed by atoms with Gasteiger partial charge in [0.25, 0.3) is 0 Å². The molecular formula is C11H13F3OS. The Hall–Kier alpha value is -0.680. The van der Waals surface area contributed by atoms with E-state index in [1.807, 2.05) is 6.92 Å². The third-order valence-electron chi connectivity index (χ3n) is 2.03. The number of hydrogen-bond acceptors (Lipinski definition) is 2. The first-order valence-corrected chi connectivity index (χ1v) is 5.91. The van der Waals surface area contributed by atoms with Crippen LogP contribution in [0.15, 0.2) is 23.1 Å². The maximum absolute atomic E-state index is 12.6. The summed E-state index contributed by atoms with van der Waals surface area (Å²) in [6, 6.07) is 4.05. The van der Waals surface area contributed by atoms with Crippen molar-refractivity contribution in [1.29, 1.82) is 0 Å². The van der Waals surface area contributed by atoms with Crippen molar-refractivity contribution >= 4 is 11.8 Å². The summed E-state index contributed by atoms with van der Waals surface area (Å²) in [5.41, 5.74) is -0.815. The molecule has 0 heterocycles. The molecule has 0 amide bonds. The van der Waals surface area contributed by atoms with E-state index in [0.717, 1.165) is 18.2 Å². The van der Waals surface area contributed by atoms with Crippen molar-refractivity contribution in [2.24, 2.45) is 0 Å². The molecule has 0 aliphatic carbocycles. The van der Waals surface area contributed by atoms with E-state index in [1.165, 1.54) is 17.8 Å². The zero-order valence-electron chi connectivity index (χ0n) is 8.84. The van der Waals surface area contributed by atoms with Crippen LogP contribution in [0.2, 0.25) is 0 Å². The van der Waals surface area contributed by atoms with E-state index in [1.54, 1.807) is 6.07 Å². The third-order valence-corrected chi connectivity index (χ3v) is 3.23. The van der Waals surface area contributed by atoms with Gasteiger partial charge in [0.1, 0.15) is 0 Å². The summed E-state index contributed by atoms with van der Waals surface area (Å²) in [5.74, 6) is 0.787. The van der Waals surface area contributed by atoms with Crippen LogP contribution in [-0.2, 0) is 12.8 Å². The lowest BCUT2D eigenvalue weighted by atomic mass is 10.1. The second-order valence-corrected chi connectivity index (χ2v) is 4.49. The van der Waals surface area contributed by atoms with E-state index >= 15 is 0 Å². The predicted octanol–water partition coefficient (Wildman–Crippen LogP) is 3.70. The van der Waals surface area contributed by atoms with Crippen LogP contribution in [0.5, 0.6) is 0 Å². The molecule has 0 aromatic heterocycles. The van der Waals surface area contributed by atoms with Crippen LogP contribution in [-0.4, -0.2) is 10.9 Å². The minimum absolute atomic E-state index is 0.0756. The molecule has 0 bridgehead atoms. The van der Waals surface area contributed by atoms with Crippen LogP contribution in [0.1, 0.15) is 24.5 Å². The Kier molecular flexibility index (Phi) is 4.68. The number of alkyl halides is 3. The van der Waals surface area contributed by atoms with Crippen molar-refractivity contribution in [3.05, 3.63) is 29.3 Å². The van der Waals surface area contributed by atoms with Crippen molar-refractivity contribution in [1.82, 2.24) is 0 Å². The van der Waals surface area contributed by atoms with E-state index in [-0.39, 0.29) is 5.56 Å². The Balaban J connectivity index is 3.02. The Morgan fingerprint density at radius 1 is 1.31 bits per heavy atom. The number of thioether (sulfide) groups is 1. The van der Waals surface area contributed by atoms with E-state index < -0.39 is 18.3 Å². The first-order valence-electron chi connectivity index (χ1n) is 4.92. The van der Waals surface area contributed by atoms with Gasteiger partial charge in [0.2, 0.25) is 0 Å². The van der Waals surface area contributed by atoms with Gasteiger partial charge >= 0.3 is 6.18 Å². The van der Waals surface area contributed by atoms with Crippen LogP contribution in [0.3, 0.4) is 0 Å². The molecule has 90 valence electrons. The zero-order chi connectivity index (χ0) is 12.2. The SMILES string of the molecule is CCCSc1ccc(CO)c(C(F)(F)F)c1. The zero-order valence-corrected chi connectivity index (χ0v) is 9.66. The summed E-state index contributed by atoms with van der Waals surface area (Å²) in [4.78, 5) is 0.589. The molecule has 0 spiro atoms. The molecule has 0 aliphatic heterocycles. The van der Waals surface area contributed by atoms with Gasteiger partial charge in [-0.15, -0.1) is 11.8 Å². The average Bonchev–Trinajstić information content (AvgIpc) is 2.24. The largest absolute Gasteiger partial charge is 0.416 e. The third kappa shape index (κ3) is 3.42. The Morgan fingerprint density at radius 2 is 2.00 bits per heavy atom. The van der Waals surface area contributed by atoms with Gasteiger partial charge in [0.05, 0.1) is 12.2 Å². The highest BCUT2D eigenvalue weighted by atomic mass is 32.2. The number of benzene rings is 1. The minimum atomic E-state index is -4.40. The fourth-order valence-electron chi connectivity index (χ4n) is 1.27. The minimum Gasteiger partial charge on any atom is -0.392 e. The molecule has 1 aromatic rings. The van der Waals surface area contributed by atoms with Crippen LogP contribution in [0, 0.1) is 0 Å². The van der Waals surface area contributed by atoms with Gasteiger partial charge in [0, 0.05) is 4.90 Å². The maximum atomic E-state index is 12.6. The fourth-order valence-corrected chi connectivity index (χ4v) is 2.07. The molecule has 0 fully saturated rings. The smallest absolute Gasteiger partial charge is 0.392 e. The number of aliphatic hydroxyl groups excluding tert-OH is 1. The monoisotopic (exact) mass is 250 g/mol. The molecule has 1 nitrogen and oxygen atoms in total. The first-order chi connectivity index (χ1) is 7.49. The predicted molar refractivity (Wildman–Crippen MR) is 58.4 cm³/mol. The summed E-state index contributed by atoms with van der Waals surface area (Å²) < 4.78 is 37.9. The second kappa shape index (κ2) is 5.59. The standard InChI is InChI=1S/C11H13F3OS/c1-2-5-16-9-4-3-8(7-15)10(6-9)11(12,13)14/h3-4,6,15H,2,5,7H2,1H3. The molecule has 0 atom stereocenters. The lowest BCUT2D eigenvalue weighted by molar-refractivity contribution is -0.138. The molecule has 1 N–H and O–H groups in total. The molecular weight excluding hydrogens is 237 g/mol. The molecule has 0 saturated heterocycles. The van der Waals surface area contributed by atoms with Gasteiger partial charge < -0.3 is 5.11 Å². The van der Waals surface area contributed by atoms with E-state index in [0.29, 0.717) is 4.90 Å². The van der Waals surface area contributed by atoms with Gasteiger partial charge in [-0.2, -0.15) is 13.2 Å². The van der Waals surface area contributed by atoms with Crippen molar-refractivity contribution in [3.8, 4) is 0 Å². The van der Waals surface area contributed by atoms with Crippen LogP contribution >= 0.6 is 11.8 Å². The molecule has 5 heteroatoms. The Bertz CT molecular complexity index is 350. The number of rotatable bonds is 4. The Labute approximate surface area is 96.7 Å². The van der Waals surface area contributed by atoms with Crippen molar-refractivity contribution < 1.29 is 18.3 Å². The highest BCUT2D eigenvalue weighted by Gasteiger charge is 2.33. The lowest BCUT2D eigenvalue weighted by Gasteiger charge is -2.12. The van der Waals surface area contributed by atoms with Crippen LogP contribution in [0.25, 0.3) is 0 Å². The fraction of sp³-hybridized carbons (Fsp3) is 0.455. The summed E-state index contributed by atoms with van der Waals surface area (Å²) >= 11 is 1.39. The summed E-state index contributed by atoms with van der Waals surface area (Å²) in [7, 11) is 0. The first kappa shape index (κ1) is 13.4. The quantitative estimate of drug-likeness (QED) is 0.822. The van der Waals surface area contributed by atoms with Gasteiger partial charge in [0.15, 0.2) is 0 Å². The Morgan fingerprint density at radius 3 is 2.50 bits per heavy atom. The highest BCUT2D eigenvalue weighted by molar-refractivity contribution is 7.99. The van der Waals surface area contributed by atoms with Crippen LogP contribution in [0.4, 0.5) is 13.2 Å². The van der Waals surface area contributed by atoms with Crippen molar-refractivity contribution in [3.63, 3.8) is 0 Å². The van der Waals surface area contributed by atoms with E-state index in [4.69, 9.17) is 5.11 Å². The van der Waals surface area contributed by atoms with E-state index in [9.17, 15) is 13.2 Å². The lowest BCUT2D eigenvalue weighted by Crippen LogP contribution is -2.09. The number of aliphatic hydroxyl groups is 1. The molecule has 1 rings (SSSR count). The molecule has 16 heavy (non-hydrogen) atoms. The average molecular weight is 250 g/mol. The van der Waals surface area contributed by atoms with Gasteiger partial charge in [-0.05, 0) is 29.9 Å². The molecule has 0 unspecified atom stereocenters. The van der Waals surface area contributed by atoms with Gasteiger partial charge in [-0.1, -0.05) is 13.0 Å². The topological polar surface area (TPSA) is 20.2 Å². The molecule has 0 radical (unpaired) electrons. The molecule has 0 aliphatic rings. The van der Waals surface area contributed by atoms with E-state index in [2.05, 4.69) is 0 Å². The molecule has 0 saturated carbocycles. The van der Waals surface area contributed by atoms with Gasteiger partial charge in [-0.3, -0.25) is 0 Å².